The second kappa shape index (κ2) is 4.10. The highest BCUT2D eigenvalue weighted by atomic mass is 32.1. The average molecular weight is 258 g/mol. The van der Waals surface area contributed by atoms with E-state index >= 15 is 0 Å². The standard InChI is InChI=1S/C13H14N4S/c1-3-17-11-4-5-15-7-10(11)16-13(17)9-6-8(2)18-12(9)14/h4-7H,3,14H2,1-2H3. The molecule has 3 aromatic rings. The van der Waals surface area contributed by atoms with Crippen LogP contribution in [0.2, 0.25) is 0 Å². The Balaban J connectivity index is 2.32. The molecule has 18 heavy (non-hydrogen) atoms. The molecular weight excluding hydrogens is 244 g/mol. The van der Waals surface area contributed by atoms with Crippen molar-refractivity contribution in [1.82, 2.24) is 14.5 Å². The first-order valence-corrected chi connectivity index (χ1v) is 6.69. The van der Waals surface area contributed by atoms with Crippen molar-refractivity contribution < 1.29 is 0 Å². The number of nitrogen functional groups attached to an aromatic ring is 1. The van der Waals surface area contributed by atoms with Crippen molar-refractivity contribution in [3.63, 3.8) is 0 Å². The van der Waals surface area contributed by atoms with Gasteiger partial charge in [-0.1, -0.05) is 0 Å². The molecule has 92 valence electrons. The maximum absolute atomic E-state index is 6.07. The normalized spacial score (nSPS) is 11.2. The third-order valence-corrected chi connectivity index (χ3v) is 3.87. The number of rotatable bonds is 2. The number of fused-ring (bicyclic) bond motifs is 1. The van der Waals surface area contributed by atoms with Gasteiger partial charge in [-0.15, -0.1) is 11.3 Å². The van der Waals surface area contributed by atoms with Gasteiger partial charge in [-0.25, -0.2) is 4.98 Å². The van der Waals surface area contributed by atoms with Gasteiger partial charge in [-0.3, -0.25) is 4.98 Å². The summed E-state index contributed by atoms with van der Waals surface area (Å²) in [5.74, 6) is 0.933. The Morgan fingerprint density at radius 2 is 2.28 bits per heavy atom. The Labute approximate surface area is 109 Å². The quantitative estimate of drug-likeness (QED) is 0.768. The molecule has 4 nitrogen and oxygen atoms in total. The minimum absolute atomic E-state index is 0.825. The molecule has 3 heterocycles. The summed E-state index contributed by atoms with van der Waals surface area (Å²) >= 11 is 1.60. The van der Waals surface area contributed by atoms with Crippen LogP contribution in [0.1, 0.15) is 11.8 Å². The van der Waals surface area contributed by atoms with Crippen molar-refractivity contribution in [2.24, 2.45) is 0 Å². The minimum atomic E-state index is 0.825. The van der Waals surface area contributed by atoms with Gasteiger partial charge in [-0.2, -0.15) is 0 Å². The van der Waals surface area contributed by atoms with E-state index in [4.69, 9.17) is 5.73 Å². The molecule has 0 atom stereocenters. The summed E-state index contributed by atoms with van der Waals surface area (Å²) in [7, 11) is 0. The molecule has 0 aliphatic carbocycles. The number of hydrogen-bond acceptors (Lipinski definition) is 4. The van der Waals surface area contributed by atoms with Gasteiger partial charge in [0.15, 0.2) is 0 Å². The van der Waals surface area contributed by atoms with Crippen LogP contribution >= 0.6 is 11.3 Å². The fourth-order valence-corrected chi connectivity index (χ4v) is 3.00. The maximum Gasteiger partial charge on any atom is 0.144 e. The monoisotopic (exact) mass is 258 g/mol. The van der Waals surface area contributed by atoms with E-state index in [2.05, 4.69) is 34.4 Å². The summed E-state index contributed by atoms with van der Waals surface area (Å²) in [5, 5.41) is 0.825. The molecule has 5 heteroatoms. The highest BCUT2D eigenvalue weighted by Gasteiger charge is 2.15. The van der Waals surface area contributed by atoms with E-state index in [1.165, 1.54) is 4.88 Å². The van der Waals surface area contributed by atoms with Crippen LogP contribution in [-0.2, 0) is 6.54 Å². The van der Waals surface area contributed by atoms with Crippen LogP contribution in [0.4, 0.5) is 5.00 Å². The first-order chi connectivity index (χ1) is 8.70. The zero-order valence-corrected chi connectivity index (χ0v) is 11.2. The number of imidazole rings is 1. The molecule has 0 bridgehead atoms. The number of pyridine rings is 1. The molecule has 0 fully saturated rings. The maximum atomic E-state index is 6.07. The molecule has 3 aromatic heterocycles. The van der Waals surface area contributed by atoms with Crippen LogP contribution < -0.4 is 5.73 Å². The molecular formula is C13H14N4S. The van der Waals surface area contributed by atoms with Crippen molar-refractivity contribution in [2.75, 3.05) is 5.73 Å². The topological polar surface area (TPSA) is 56.7 Å². The molecule has 3 rings (SSSR count). The number of aryl methyl sites for hydroxylation is 2. The third-order valence-electron chi connectivity index (χ3n) is 2.99. The van der Waals surface area contributed by atoms with E-state index < -0.39 is 0 Å². The summed E-state index contributed by atoms with van der Waals surface area (Å²) in [4.78, 5) is 9.98. The Hall–Kier alpha value is -1.88. The third kappa shape index (κ3) is 1.59. The molecule has 0 spiro atoms. The first-order valence-electron chi connectivity index (χ1n) is 5.87. The van der Waals surface area contributed by atoms with E-state index in [-0.39, 0.29) is 0 Å². The second-order valence-electron chi connectivity index (χ2n) is 4.18. The van der Waals surface area contributed by atoms with E-state index in [1.807, 2.05) is 6.07 Å². The van der Waals surface area contributed by atoms with Crippen molar-refractivity contribution in [1.29, 1.82) is 0 Å². The van der Waals surface area contributed by atoms with E-state index in [0.717, 1.165) is 34.0 Å². The van der Waals surface area contributed by atoms with Crippen molar-refractivity contribution in [2.45, 2.75) is 20.4 Å². The largest absolute Gasteiger partial charge is 0.390 e. The number of anilines is 1. The first kappa shape index (κ1) is 11.2. The Morgan fingerprint density at radius 3 is 2.94 bits per heavy atom. The summed E-state index contributed by atoms with van der Waals surface area (Å²) in [5.41, 5.74) is 9.11. The highest BCUT2D eigenvalue weighted by Crippen LogP contribution is 2.34. The van der Waals surface area contributed by atoms with Gasteiger partial charge in [0.05, 0.1) is 22.3 Å². The average Bonchev–Trinajstić information content (AvgIpc) is 2.88. The Bertz CT molecular complexity index is 711. The van der Waals surface area contributed by atoms with Crippen molar-refractivity contribution in [3.05, 3.63) is 29.4 Å². The van der Waals surface area contributed by atoms with Crippen LogP contribution in [0.15, 0.2) is 24.5 Å². The van der Waals surface area contributed by atoms with Crippen LogP contribution in [0.3, 0.4) is 0 Å². The lowest BCUT2D eigenvalue weighted by Crippen LogP contribution is -1.98. The molecule has 0 radical (unpaired) electrons. The van der Waals surface area contributed by atoms with Crippen LogP contribution in [0.25, 0.3) is 22.4 Å². The minimum Gasteiger partial charge on any atom is -0.390 e. The molecule has 2 N–H and O–H groups in total. The number of hydrogen-bond donors (Lipinski definition) is 1. The number of nitrogens with zero attached hydrogens (tertiary/aromatic N) is 3. The van der Waals surface area contributed by atoms with Gasteiger partial charge >= 0.3 is 0 Å². The van der Waals surface area contributed by atoms with Crippen molar-refractivity contribution >= 4 is 27.4 Å². The lowest BCUT2D eigenvalue weighted by atomic mass is 10.2. The van der Waals surface area contributed by atoms with E-state index in [9.17, 15) is 0 Å². The summed E-state index contributed by atoms with van der Waals surface area (Å²) in [6.45, 7) is 5.04. The van der Waals surface area contributed by atoms with Gasteiger partial charge in [0.2, 0.25) is 0 Å². The highest BCUT2D eigenvalue weighted by molar-refractivity contribution is 7.16. The van der Waals surface area contributed by atoms with E-state index in [1.54, 1.807) is 23.7 Å². The molecule has 0 saturated carbocycles. The predicted molar refractivity (Wildman–Crippen MR) is 75.7 cm³/mol. The molecule has 0 aromatic carbocycles. The lowest BCUT2D eigenvalue weighted by molar-refractivity contribution is 0.797. The summed E-state index contributed by atoms with van der Waals surface area (Å²) in [6.07, 6.45) is 3.59. The fraction of sp³-hybridized carbons (Fsp3) is 0.231. The Kier molecular flexibility index (Phi) is 2.56. The van der Waals surface area contributed by atoms with Crippen molar-refractivity contribution in [3.8, 4) is 11.4 Å². The Morgan fingerprint density at radius 1 is 1.44 bits per heavy atom. The fourth-order valence-electron chi connectivity index (χ4n) is 2.21. The second-order valence-corrected chi connectivity index (χ2v) is 5.47. The number of nitrogens with two attached hydrogens (primary N) is 1. The van der Waals surface area contributed by atoms with Gasteiger partial charge in [0, 0.05) is 17.6 Å². The molecule has 0 amide bonds. The number of aromatic nitrogens is 3. The van der Waals surface area contributed by atoms with Crippen LogP contribution in [0, 0.1) is 6.92 Å². The lowest BCUT2D eigenvalue weighted by Gasteiger charge is -2.04. The molecule has 0 aliphatic rings. The summed E-state index contributed by atoms with van der Waals surface area (Å²) < 4.78 is 2.18. The van der Waals surface area contributed by atoms with E-state index in [0.29, 0.717) is 0 Å². The zero-order chi connectivity index (χ0) is 12.7. The smallest absolute Gasteiger partial charge is 0.144 e. The molecule has 0 unspecified atom stereocenters. The predicted octanol–water partition coefficient (Wildman–Crippen LogP) is 3.07. The van der Waals surface area contributed by atoms with Gasteiger partial charge in [-0.05, 0) is 26.0 Å². The summed E-state index contributed by atoms with van der Waals surface area (Å²) in [6, 6.07) is 4.09. The van der Waals surface area contributed by atoms with Gasteiger partial charge < -0.3 is 10.3 Å². The molecule has 0 saturated heterocycles. The van der Waals surface area contributed by atoms with Crippen LogP contribution in [0.5, 0.6) is 0 Å². The van der Waals surface area contributed by atoms with Gasteiger partial charge in [0.1, 0.15) is 11.3 Å². The SMILES string of the molecule is CCn1c(-c2cc(C)sc2N)nc2cnccc21. The molecule has 0 aliphatic heterocycles. The van der Waals surface area contributed by atoms with Crippen LogP contribution in [-0.4, -0.2) is 14.5 Å². The zero-order valence-electron chi connectivity index (χ0n) is 10.3. The number of thiophene rings is 1. The van der Waals surface area contributed by atoms with Gasteiger partial charge in [0.25, 0.3) is 0 Å².